The highest BCUT2D eigenvalue weighted by Crippen LogP contribution is 2.39. The van der Waals surface area contributed by atoms with Crippen LogP contribution in [0.5, 0.6) is 11.5 Å². The lowest BCUT2D eigenvalue weighted by Crippen LogP contribution is -2.31. The monoisotopic (exact) mass is 452 g/mol. The van der Waals surface area contributed by atoms with Gasteiger partial charge in [-0.2, -0.15) is 5.10 Å². The molecule has 1 unspecified atom stereocenters. The molecule has 4 rings (SSSR count). The number of H-pyrrole nitrogens is 1. The van der Waals surface area contributed by atoms with Gasteiger partial charge in [0.05, 0.1) is 20.3 Å². The fourth-order valence-corrected chi connectivity index (χ4v) is 4.50. The van der Waals surface area contributed by atoms with Crippen LogP contribution in [0.3, 0.4) is 0 Å². The molecule has 1 aliphatic heterocycles. The zero-order chi connectivity index (χ0) is 22.7. The molecule has 2 aromatic carbocycles. The molecule has 7 nitrogen and oxygen atoms in total. The van der Waals surface area contributed by atoms with E-state index in [-0.39, 0.29) is 11.9 Å². The fraction of sp³-hybridized carbons (Fsp3) is 0.375. The lowest BCUT2D eigenvalue weighted by atomic mass is 10.0. The standard InChI is InChI=1S/C24H28N4O3S/c1-16-6-8-17(9-7-16)23-25-26-24(32)28(23)14-12-22(29)27-13-4-5-20(27)19-11-10-18(30-2)15-21(19)31-3/h6-11,15,20H,4-5,12-14H2,1-3H3,(H,26,32). The molecular formula is C24H28N4O3S. The van der Waals surface area contributed by atoms with Gasteiger partial charge in [-0.1, -0.05) is 29.8 Å². The lowest BCUT2D eigenvalue weighted by molar-refractivity contribution is -0.132. The van der Waals surface area contributed by atoms with Crippen LogP contribution < -0.4 is 9.47 Å². The van der Waals surface area contributed by atoms with Crippen molar-refractivity contribution >= 4 is 18.1 Å². The number of nitrogens with one attached hydrogen (secondary N) is 1. The summed E-state index contributed by atoms with van der Waals surface area (Å²) in [4.78, 5) is 15.2. The second-order valence-corrected chi connectivity index (χ2v) is 8.36. The van der Waals surface area contributed by atoms with Gasteiger partial charge in [0, 0.05) is 36.7 Å². The summed E-state index contributed by atoms with van der Waals surface area (Å²) in [7, 11) is 3.28. The van der Waals surface area contributed by atoms with Crippen molar-refractivity contribution in [2.24, 2.45) is 0 Å². The Morgan fingerprint density at radius 2 is 1.97 bits per heavy atom. The first-order chi connectivity index (χ1) is 15.5. The van der Waals surface area contributed by atoms with Gasteiger partial charge in [0.2, 0.25) is 5.91 Å². The number of amides is 1. The van der Waals surface area contributed by atoms with Crippen molar-refractivity contribution in [3.8, 4) is 22.9 Å². The molecule has 1 N–H and O–H groups in total. The van der Waals surface area contributed by atoms with Crippen molar-refractivity contribution in [3.05, 3.63) is 58.4 Å². The van der Waals surface area contributed by atoms with E-state index >= 15 is 0 Å². The summed E-state index contributed by atoms with van der Waals surface area (Å²) >= 11 is 5.43. The molecule has 0 bridgehead atoms. The van der Waals surface area contributed by atoms with Crippen LogP contribution in [0.25, 0.3) is 11.4 Å². The largest absolute Gasteiger partial charge is 0.497 e. The van der Waals surface area contributed by atoms with E-state index in [9.17, 15) is 4.79 Å². The van der Waals surface area contributed by atoms with Gasteiger partial charge in [-0.15, -0.1) is 0 Å². The molecule has 1 atom stereocenters. The number of aryl methyl sites for hydroxylation is 1. The predicted molar refractivity (Wildman–Crippen MR) is 125 cm³/mol. The molecule has 0 spiro atoms. The van der Waals surface area contributed by atoms with E-state index in [1.54, 1.807) is 14.2 Å². The zero-order valence-corrected chi connectivity index (χ0v) is 19.4. The quantitative estimate of drug-likeness (QED) is 0.527. The summed E-state index contributed by atoms with van der Waals surface area (Å²) < 4.78 is 13.3. The molecule has 0 radical (unpaired) electrons. The van der Waals surface area contributed by atoms with E-state index in [0.717, 1.165) is 47.8 Å². The third kappa shape index (κ3) is 4.41. The van der Waals surface area contributed by atoms with Crippen LogP contribution in [0.2, 0.25) is 0 Å². The summed E-state index contributed by atoms with van der Waals surface area (Å²) in [6.07, 6.45) is 2.22. The Labute approximate surface area is 193 Å². The second kappa shape index (κ2) is 9.56. The van der Waals surface area contributed by atoms with Crippen molar-refractivity contribution in [1.29, 1.82) is 0 Å². The average molecular weight is 453 g/mol. The average Bonchev–Trinajstić information content (AvgIpc) is 3.44. The number of ether oxygens (including phenoxy) is 2. The Bertz CT molecular complexity index is 1150. The van der Waals surface area contributed by atoms with Crippen LogP contribution in [0.15, 0.2) is 42.5 Å². The van der Waals surface area contributed by atoms with Crippen LogP contribution in [-0.4, -0.2) is 46.3 Å². The molecule has 1 aromatic heterocycles. The maximum absolute atomic E-state index is 13.2. The van der Waals surface area contributed by atoms with Crippen molar-refractivity contribution in [1.82, 2.24) is 19.7 Å². The predicted octanol–water partition coefficient (Wildman–Crippen LogP) is 4.69. The molecular weight excluding hydrogens is 424 g/mol. The van der Waals surface area contributed by atoms with E-state index in [2.05, 4.69) is 10.2 Å². The van der Waals surface area contributed by atoms with Gasteiger partial charge < -0.3 is 14.4 Å². The van der Waals surface area contributed by atoms with E-state index in [1.807, 2.05) is 58.9 Å². The Morgan fingerprint density at radius 1 is 1.19 bits per heavy atom. The van der Waals surface area contributed by atoms with Crippen LogP contribution in [0.4, 0.5) is 0 Å². The SMILES string of the molecule is COc1ccc(C2CCCN2C(=O)CCn2c(-c3ccc(C)cc3)n[nH]c2=S)c(OC)c1. The maximum atomic E-state index is 13.2. The lowest BCUT2D eigenvalue weighted by Gasteiger charge is -2.27. The number of nitrogens with zero attached hydrogens (tertiary/aromatic N) is 3. The molecule has 1 fully saturated rings. The topological polar surface area (TPSA) is 72.4 Å². The summed E-state index contributed by atoms with van der Waals surface area (Å²) in [6, 6.07) is 13.9. The van der Waals surface area contributed by atoms with Crippen molar-refractivity contribution < 1.29 is 14.3 Å². The molecule has 0 aliphatic carbocycles. The Balaban J connectivity index is 1.51. The molecule has 0 saturated carbocycles. The molecule has 8 heteroatoms. The number of carbonyl (C=O) groups excluding carboxylic acids is 1. The first kappa shape index (κ1) is 22.1. The third-order valence-corrected chi connectivity index (χ3v) is 6.30. The Kier molecular flexibility index (Phi) is 6.60. The van der Waals surface area contributed by atoms with Gasteiger partial charge >= 0.3 is 0 Å². The van der Waals surface area contributed by atoms with Crippen molar-refractivity contribution in [2.45, 2.75) is 38.8 Å². The van der Waals surface area contributed by atoms with E-state index in [0.29, 0.717) is 17.7 Å². The van der Waals surface area contributed by atoms with Crippen LogP contribution in [-0.2, 0) is 11.3 Å². The number of benzene rings is 2. The first-order valence-electron chi connectivity index (χ1n) is 10.8. The van der Waals surface area contributed by atoms with Gasteiger partial charge in [-0.05, 0) is 44.1 Å². The first-order valence-corrected chi connectivity index (χ1v) is 11.2. The zero-order valence-electron chi connectivity index (χ0n) is 18.6. The minimum absolute atomic E-state index is 0.00255. The third-order valence-electron chi connectivity index (χ3n) is 5.99. The van der Waals surface area contributed by atoms with Gasteiger partial charge in [0.1, 0.15) is 11.5 Å². The Hall–Kier alpha value is -3.13. The number of carbonyl (C=O) groups is 1. The number of likely N-dealkylation sites (tertiary alicyclic amines) is 1. The summed E-state index contributed by atoms with van der Waals surface area (Å²) in [5.74, 6) is 2.33. The number of hydrogen-bond acceptors (Lipinski definition) is 5. The number of aromatic amines is 1. The van der Waals surface area contributed by atoms with Crippen LogP contribution in [0.1, 0.15) is 36.4 Å². The van der Waals surface area contributed by atoms with E-state index < -0.39 is 0 Å². The van der Waals surface area contributed by atoms with Gasteiger partial charge in [0.15, 0.2) is 10.6 Å². The minimum Gasteiger partial charge on any atom is -0.497 e. The maximum Gasteiger partial charge on any atom is 0.224 e. The highest BCUT2D eigenvalue weighted by molar-refractivity contribution is 7.71. The van der Waals surface area contributed by atoms with Gasteiger partial charge in [0.25, 0.3) is 0 Å². The normalized spacial score (nSPS) is 15.7. The number of rotatable bonds is 7. The molecule has 1 amide bonds. The Morgan fingerprint density at radius 3 is 2.69 bits per heavy atom. The molecule has 168 valence electrons. The summed E-state index contributed by atoms with van der Waals surface area (Å²) in [5.41, 5.74) is 3.16. The van der Waals surface area contributed by atoms with E-state index in [4.69, 9.17) is 21.7 Å². The minimum atomic E-state index is -0.00255. The molecule has 32 heavy (non-hydrogen) atoms. The number of methoxy groups -OCH3 is 2. The highest BCUT2D eigenvalue weighted by atomic mass is 32.1. The molecule has 2 heterocycles. The van der Waals surface area contributed by atoms with Crippen LogP contribution >= 0.6 is 12.2 Å². The summed E-state index contributed by atoms with van der Waals surface area (Å²) in [6.45, 7) is 3.25. The number of hydrogen-bond donors (Lipinski definition) is 1. The highest BCUT2D eigenvalue weighted by Gasteiger charge is 2.31. The van der Waals surface area contributed by atoms with Gasteiger partial charge in [-0.3, -0.25) is 14.5 Å². The second-order valence-electron chi connectivity index (χ2n) is 7.97. The van der Waals surface area contributed by atoms with Gasteiger partial charge in [-0.25, -0.2) is 0 Å². The molecule has 3 aromatic rings. The van der Waals surface area contributed by atoms with Crippen molar-refractivity contribution in [2.75, 3.05) is 20.8 Å². The molecule has 1 saturated heterocycles. The fourth-order valence-electron chi connectivity index (χ4n) is 4.28. The summed E-state index contributed by atoms with van der Waals surface area (Å²) in [5, 5.41) is 7.25. The van der Waals surface area contributed by atoms with Crippen molar-refractivity contribution in [3.63, 3.8) is 0 Å². The van der Waals surface area contributed by atoms with Crippen LogP contribution in [0, 0.1) is 11.7 Å². The van der Waals surface area contributed by atoms with E-state index in [1.165, 1.54) is 5.56 Å². The smallest absolute Gasteiger partial charge is 0.224 e. The number of aromatic nitrogens is 3. The molecule has 1 aliphatic rings.